The molecule has 176 valence electrons. The van der Waals surface area contributed by atoms with Crippen molar-refractivity contribution in [2.24, 2.45) is 31.0 Å². The molecule has 0 aromatic rings. The molecule has 0 unspecified atom stereocenters. The Kier molecular flexibility index (Phi) is 9.80. The zero-order valence-electron chi connectivity index (χ0n) is 19.3. The van der Waals surface area contributed by atoms with Crippen LogP contribution >= 0.6 is 11.9 Å². The number of rotatable bonds is 5. The lowest BCUT2D eigenvalue weighted by atomic mass is 9.96. The number of nitrogens with two attached hydrogens (primary N) is 1. The molecule has 8 nitrogen and oxygen atoms in total. The maximum absolute atomic E-state index is 5.88. The fraction of sp³-hybridized carbons (Fsp3) is 0.652. The van der Waals surface area contributed by atoms with E-state index in [0.29, 0.717) is 35.1 Å². The van der Waals surface area contributed by atoms with Crippen LogP contribution in [0, 0.1) is 5.92 Å². The van der Waals surface area contributed by atoms with Crippen LogP contribution < -0.4 is 16.4 Å². The van der Waals surface area contributed by atoms with Gasteiger partial charge in [-0.15, -0.1) is 0 Å². The normalized spacial score (nSPS) is 24.0. The smallest absolute Gasteiger partial charge is 0.207 e. The monoisotopic (exact) mass is 459 g/mol. The van der Waals surface area contributed by atoms with Crippen LogP contribution in [0.4, 0.5) is 0 Å². The molecule has 3 aliphatic rings. The third-order valence-corrected chi connectivity index (χ3v) is 6.38. The summed E-state index contributed by atoms with van der Waals surface area (Å²) in [7, 11) is 0. The number of ether oxygens (including phenoxy) is 1. The summed E-state index contributed by atoms with van der Waals surface area (Å²) in [6.45, 7) is 9.85. The fourth-order valence-electron chi connectivity index (χ4n) is 3.82. The lowest BCUT2D eigenvalue weighted by Gasteiger charge is -2.21. The highest BCUT2D eigenvalue weighted by Crippen LogP contribution is 2.23. The van der Waals surface area contributed by atoms with Crippen LogP contribution in [-0.4, -0.2) is 49.0 Å². The Labute approximate surface area is 196 Å². The summed E-state index contributed by atoms with van der Waals surface area (Å²) in [5.41, 5.74) is 7.63. The molecule has 0 atom stereocenters. The van der Waals surface area contributed by atoms with Crippen molar-refractivity contribution >= 4 is 35.7 Å². The highest BCUT2D eigenvalue weighted by molar-refractivity contribution is 8.01. The van der Waals surface area contributed by atoms with Gasteiger partial charge in [-0.25, -0.2) is 9.39 Å². The number of nitrogens with zero attached hydrogens (tertiary/aromatic N) is 4. The SMILES string of the molecule is C=C1N=C(NC(C=NC2CCOCC2)=CN)NC(=NC2CCCCC2)CC(C(C)C)=NS1. The number of aliphatic imine (C=N–C) groups is 3. The average molecular weight is 460 g/mol. The highest BCUT2D eigenvalue weighted by Gasteiger charge is 2.19. The van der Waals surface area contributed by atoms with E-state index in [2.05, 4.69) is 41.0 Å². The van der Waals surface area contributed by atoms with E-state index in [1.165, 1.54) is 37.4 Å². The Morgan fingerprint density at radius 1 is 1.22 bits per heavy atom. The maximum Gasteiger partial charge on any atom is 0.207 e. The summed E-state index contributed by atoms with van der Waals surface area (Å²) in [5.74, 6) is 1.73. The molecule has 0 aromatic carbocycles. The van der Waals surface area contributed by atoms with Crippen LogP contribution in [0.5, 0.6) is 0 Å². The van der Waals surface area contributed by atoms with E-state index >= 15 is 0 Å². The van der Waals surface area contributed by atoms with Crippen LogP contribution in [0.3, 0.4) is 0 Å². The number of hydrogen-bond acceptors (Lipinski definition) is 8. The van der Waals surface area contributed by atoms with Crippen molar-refractivity contribution in [1.82, 2.24) is 10.6 Å². The number of amidine groups is 1. The van der Waals surface area contributed by atoms with E-state index in [9.17, 15) is 0 Å². The maximum atomic E-state index is 5.88. The molecule has 0 spiro atoms. The van der Waals surface area contributed by atoms with Crippen LogP contribution in [0.25, 0.3) is 0 Å². The first-order valence-corrected chi connectivity index (χ1v) is 12.5. The van der Waals surface area contributed by atoms with Crippen molar-refractivity contribution in [2.45, 2.75) is 77.3 Å². The molecule has 9 heteroatoms. The topological polar surface area (TPSA) is 109 Å². The molecule has 0 radical (unpaired) electrons. The fourth-order valence-corrected chi connectivity index (χ4v) is 4.45. The van der Waals surface area contributed by atoms with Gasteiger partial charge in [-0.3, -0.25) is 9.98 Å². The van der Waals surface area contributed by atoms with Crippen molar-refractivity contribution in [3.63, 3.8) is 0 Å². The second-order valence-corrected chi connectivity index (χ2v) is 9.56. The van der Waals surface area contributed by atoms with Gasteiger partial charge in [0.2, 0.25) is 5.96 Å². The molecule has 0 amide bonds. The average Bonchev–Trinajstić information content (AvgIpc) is 2.87. The summed E-state index contributed by atoms with van der Waals surface area (Å²) in [6, 6.07) is 0.601. The molecule has 1 saturated carbocycles. The van der Waals surface area contributed by atoms with E-state index in [-0.39, 0.29) is 6.04 Å². The molecule has 1 aliphatic carbocycles. The quantitative estimate of drug-likeness (QED) is 0.426. The van der Waals surface area contributed by atoms with Gasteiger partial charge in [0.1, 0.15) is 10.9 Å². The third-order valence-electron chi connectivity index (χ3n) is 5.75. The Morgan fingerprint density at radius 3 is 2.66 bits per heavy atom. The standard InChI is InChI=1S/C23H37N7OS/c1-16(2)21-13-22(27-19-7-5-4-6-8-19)29-23(26-17(3)32-30-21)28-20(14-24)15-25-18-9-11-31-12-10-18/h14-16,18-19H,3-13,24H2,1-2H3,(H2,26,27,28,29). The zero-order chi connectivity index (χ0) is 22.8. The summed E-state index contributed by atoms with van der Waals surface area (Å²) in [5, 5.41) is 7.28. The molecule has 4 N–H and O–H groups in total. The number of allylic oxidation sites excluding steroid dienone is 1. The highest BCUT2D eigenvalue weighted by atomic mass is 32.2. The summed E-state index contributed by atoms with van der Waals surface area (Å²) in [6.07, 6.45) is 11.8. The second-order valence-electron chi connectivity index (χ2n) is 8.72. The molecular formula is C23H37N7OS. The first-order chi connectivity index (χ1) is 15.5. The predicted octanol–water partition coefficient (Wildman–Crippen LogP) is 3.92. The van der Waals surface area contributed by atoms with E-state index in [4.69, 9.17) is 19.9 Å². The van der Waals surface area contributed by atoms with Gasteiger partial charge >= 0.3 is 0 Å². The largest absolute Gasteiger partial charge is 0.403 e. The molecule has 2 fully saturated rings. The first-order valence-electron chi connectivity index (χ1n) is 11.7. The van der Waals surface area contributed by atoms with Crippen molar-refractivity contribution in [1.29, 1.82) is 0 Å². The summed E-state index contributed by atoms with van der Waals surface area (Å²) < 4.78 is 10.1. The van der Waals surface area contributed by atoms with Crippen LogP contribution in [0.15, 0.2) is 42.9 Å². The Hall–Kier alpha value is -2.13. The minimum atomic E-state index is 0.256. The van der Waals surface area contributed by atoms with Gasteiger partial charge in [0, 0.05) is 49.7 Å². The van der Waals surface area contributed by atoms with Crippen LogP contribution in [0.2, 0.25) is 0 Å². The second kappa shape index (κ2) is 12.8. The molecule has 32 heavy (non-hydrogen) atoms. The third kappa shape index (κ3) is 8.09. The first kappa shape index (κ1) is 24.5. The number of nitrogens with one attached hydrogen (secondary N) is 2. The molecule has 3 rings (SSSR count). The summed E-state index contributed by atoms with van der Waals surface area (Å²) in [4.78, 5) is 14.3. The summed E-state index contributed by atoms with van der Waals surface area (Å²) >= 11 is 1.30. The minimum Gasteiger partial charge on any atom is -0.403 e. The van der Waals surface area contributed by atoms with E-state index in [0.717, 1.165) is 50.4 Å². The number of guanidine groups is 1. The van der Waals surface area contributed by atoms with Gasteiger partial charge in [0.05, 0.1) is 17.8 Å². The van der Waals surface area contributed by atoms with Crippen molar-refractivity contribution < 1.29 is 4.74 Å². The van der Waals surface area contributed by atoms with Gasteiger partial charge in [-0.05, 0) is 31.6 Å². The molecule has 2 aliphatic heterocycles. The van der Waals surface area contributed by atoms with E-state index in [1.807, 2.05) is 0 Å². The van der Waals surface area contributed by atoms with E-state index < -0.39 is 0 Å². The van der Waals surface area contributed by atoms with Crippen LogP contribution in [-0.2, 0) is 4.74 Å². The van der Waals surface area contributed by atoms with Gasteiger partial charge < -0.3 is 21.1 Å². The zero-order valence-corrected chi connectivity index (χ0v) is 20.2. The van der Waals surface area contributed by atoms with Crippen LogP contribution in [0.1, 0.15) is 65.2 Å². The number of hydrogen-bond donors (Lipinski definition) is 3. The molecule has 0 bridgehead atoms. The van der Waals surface area contributed by atoms with Crippen molar-refractivity contribution in [2.75, 3.05) is 13.2 Å². The molecule has 1 saturated heterocycles. The molecular weight excluding hydrogens is 422 g/mol. The van der Waals surface area contributed by atoms with Gasteiger partial charge in [-0.1, -0.05) is 39.7 Å². The Morgan fingerprint density at radius 2 is 1.97 bits per heavy atom. The van der Waals surface area contributed by atoms with E-state index in [1.54, 1.807) is 6.21 Å². The van der Waals surface area contributed by atoms with Gasteiger partial charge in [-0.2, -0.15) is 0 Å². The molecule has 0 aromatic heterocycles. The Balaban J connectivity index is 1.77. The van der Waals surface area contributed by atoms with Gasteiger partial charge in [0.15, 0.2) is 0 Å². The molecule has 2 heterocycles. The Bertz CT molecular complexity index is 788. The minimum absolute atomic E-state index is 0.256. The van der Waals surface area contributed by atoms with Crippen molar-refractivity contribution in [3.8, 4) is 0 Å². The van der Waals surface area contributed by atoms with Gasteiger partial charge in [0.25, 0.3) is 0 Å². The van der Waals surface area contributed by atoms with Crippen molar-refractivity contribution in [3.05, 3.63) is 23.5 Å². The lowest BCUT2D eigenvalue weighted by Crippen LogP contribution is -2.42. The lowest BCUT2D eigenvalue weighted by molar-refractivity contribution is 0.0872. The predicted molar refractivity (Wildman–Crippen MR) is 136 cm³/mol.